The van der Waals surface area contributed by atoms with Crippen molar-refractivity contribution in [1.82, 2.24) is 18.8 Å². The second-order valence-electron chi connectivity index (χ2n) is 5.20. The van der Waals surface area contributed by atoms with Crippen molar-refractivity contribution in [2.24, 2.45) is 7.05 Å². The highest BCUT2D eigenvalue weighted by molar-refractivity contribution is 7.88. The summed E-state index contributed by atoms with van der Waals surface area (Å²) >= 11 is 0. The predicted molar refractivity (Wildman–Crippen MR) is 80.0 cm³/mol. The topological polar surface area (TPSA) is 91.3 Å². The van der Waals surface area contributed by atoms with Gasteiger partial charge in [-0.15, -0.1) is 0 Å². The van der Waals surface area contributed by atoms with Crippen molar-refractivity contribution < 1.29 is 8.42 Å². The molecule has 3 rings (SSSR count). The molecule has 1 saturated heterocycles. The highest BCUT2D eigenvalue weighted by Crippen LogP contribution is 2.15. The van der Waals surface area contributed by atoms with Crippen molar-refractivity contribution in [2.45, 2.75) is 0 Å². The number of hydrogen-bond acceptors (Lipinski definition) is 5. The maximum absolute atomic E-state index is 12.0. The minimum absolute atomic E-state index is 0.179. The molecule has 0 aromatic carbocycles. The Morgan fingerprint density at radius 3 is 2.52 bits per heavy atom. The van der Waals surface area contributed by atoms with Crippen LogP contribution in [0.5, 0.6) is 0 Å². The zero-order chi connectivity index (χ0) is 15.2. The van der Waals surface area contributed by atoms with E-state index in [0.29, 0.717) is 43.2 Å². The van der Waals surface area contributed by atoms with Gasteiger partial charge >= 0.3 is 0 Å². The van der Waals surface area contributed by atoms with Gasteiger partial charge in [0, 0.05) is 39.4 Å². The Morgan fingerprint density at radius 1 is 1.24 bits per heavy atom. The summed E-state index contributed by atoms with van der Waals surface area (Å²) in [5.41, 5.74) is 0.445. The maximum atomic E-state index is 12.0. The first-order valence-corrected chi connectivity index (χ1v) is 8.46. The molecule has 0 saturated carbocycles. The van der Waals surface area contributed by atoms with E-state index in [9.17, 15) is 13.2 Å². The average Bonchev–Trinajstić information content (AvgIpc) is 2.80. The molecule has 0 bridgehead atoms. The third kappa shape index (κ3) is 2.54. The number of piperazine rings is 1. The quantitative estimate of drug-likeness (QED) is 0.795. The molecule has 114 valence electrons. The fraction of sp³-hybridized carbons (Fsp3) is 0.500. The van der Waals surface area contributed by atoms with E-state index >= 15 is 0 Å². The summed E-state index contributed by atoms with van der Waals surface area (Å²) in [5.74, 6) is 0.488. The number of aryl methyl sites for hydroxylation is 1. The van der Waals surface area contributed by atoms with Crippen LogP contribution in [0.1, 0.15) is 0 Å². The van der Waals surface area contributed by atoms with Crippen molar-refractivity contribution in [3.8, 4) is 0 Å². The summed E-state index contributed by atoms with van der Waals surface area (Å²) in [7, 11) is -1.33. The van der Waals surface area contributed by atoms with Gasteiger partial charge < -0.3 is 9.47 Å². The zero-order valence-electron chi connectivity index (χ0n) is 11.9. The Kier molecular flexibility index (Phi) is 3.25. The van der Waals surface area contributed by atoms with E-state index in [0.717, 1.165) is 0 Å². The molecule has 0 radical (unpaired) electrons. The number of aromatic nitrogens is 3. The molecule has 2 aromatic rings. The first-order valence-electron chi connectivity index (χ1n) is 6.62. The fourth-order valence-corrected chi connectivity index (χ4v) is 3.34. The number of aromatic amines is 1. The van der Waals surface area contributed by atoms with Crippen LogP contribution >= 0.6 is 0 Å². The predicted octanol–water partition coefficient (Wildman–Crippen LogP) is -0.657. The van der Waals surface area contributed by atoms with E-state index < -0.39 is 10.0 Å². The standard InChI is InChI=1S/C12H17N5O3S/c1-15-4-3-9-10(15)13-12(14-11(9)18)16-5-7-17(8-6-16)21(2,19)20/h3-4H,5-8H2,1-2H3,(H,13,14,18). The lowest BCUT2D eigenvalue weighted by Crippen LogP contribution is -2.49. The first kappa shape index (κ1) is 14.1. The molecular formula is C12H17N5O3S. The smallest absolute Gasteiger partial charge is 0.261 e. The Hall–Kier alpha value is -1.87. The lowest BCUT2D eigenvalue weighted by atomic mass is 10.4. The molecule has 1 aliphatic rings. The first-order chi connectivity index (χ1) is 9.86. The molecule has 9 heteroatoms. The van der Waals surface area contributed by atoms with Crippen LogP contribution in [0.15, 0.2) is 17.1 Å². The number of anilines is 1. The molecule has 2 aromatic heterocycles. The molecule has 0 atom stereocenters. The van der Waals surface area contributed by atoms with Crippen LogP contribution in [0.25, 0.3) is 11.0 Å². The largest absolute Gasteiger partial charge is 0.340 e. The van der Waals surface area contributed by atoms with Crippen LogP contribution in [0.4, 0.5) is 5.95 Å². The van der Waals surface area contributed by atoms with Gasteiger partial charge in [0.05, 0.1) is 11.6 Å². The summed E-state index contributed by atoms with van der Waals surface area (Å²) in [5, 5.41) is 0.552. The Bertz CT molecular complexity index is 830. The highest BCUT2D eigenvalue weighted by atomic mass is 32.2. The summed E-state index contributed by atoms with van der Waals surface area (Å²) in [6.45, 7) is 1.80. The van der Waals surface area contributed by atoms with Crippen LogP contribution in [-0.4, -0.2) is 59.7 Å². The second-order valence-corrected chi connectivity index (χ2v) is 7.18. The van der Waals surface area contributed by atoms with Crippen LogP contribution in [0.3, 0.4) is 0 Å². The monoisotopic (exact) mass is 311 g/mol. The van der Waals surface area contributed by atoms with Gasteiger partial charge in [0.25, 0.3) is 5.56 Å². The summed E-state index contributed by atoms with van der Waals surface area (Å²) in [6, 6.07) is 1.73. The van der Waals surface area contributed by atoms with Crippen LogP contribution in [0, 0.1) is 0 Å². The maximum Gasteiger partial charge on any atom is 0.261 e. The number of fused-ring (bicyclic) bond motifs is 1. The minimum atomic E-state index is -3.16. The molecule has 0 spiro atoms. The normalized spacial score (nSPS) is 17.5. The van der Waals surface area contributed by atoms with E-state index in [2.05, 4.69) is 9.97 Å². The van der Waals surface area contributed by atoms with Gasteiger partial charge in [0.2, 0.25) is 16.0 Å². The molecule has 8 nitrogen and oxygen atoms in total. The van der Waals surface area contributed by atoms with Crippen LogP contribution in [-0.2, 0) is 17.1 Å². The number of rotatable bonds is 2. The SMILES string of the molecule is Cn1ccc2c(=O)[nH]c(N3CCN(S(C)(=O)=O)CC3)nc21. The summed E-state index contributed by atoms with van der Waals surface area (Å²) in [6.07, 6.45) is 3.00. The molecule has 21 heavy (non-hydrogen) atoms. The highest BCUT2D eigenvalue weighted by Gasteiger charge is 2.24. The zero-order valence-corrected chi connectivity index (χ0v) is 12.7. The van der Waals surface area contributed by atoms with Gasteiger partial charge in [-0.3, -0.25) is 9.78 Å². The molecule has 0 aliphatic carbocycles. The summed E-state index contributed by atoms with van der Waals surface area (Å²) < 4.78 is 26.2. The van der Waals surface area contributed by atoms with Gasteiger partial charge in [-0.2, -0.15) is 9.29 Å². The van der Waals surface area contributed by atoms with Crippen LogP contribution < -0.4 is 10.5 Å². The third-order valence-corrected chi connectivity index (χ3v) is 5.03. The number of hydrogen-bond donors (Lipinski definition) is 1. The van der Waals surface area contributed by atoms with Crippen molar-refractivity contribution >= 4 is 27.0 Å². The number of H-pyrrole nitrogens is 1. The van der Waals surface area contributed by atoms with Gasteiger partial charge in [-0.1, -0.05) is 0 Å². The third-order valence-electron chi connectivity index (χ3n) is 3.73. The van der Waals surface area contributed by atoms with Crippen LogP contribution in [0.2, 0.25) is 0 Å². The number of sulfonamides is 1. The second kappa shape index (κ2) is 4.85. The minimum Gasteiger partial charge on any atom is -0.340 e. The van der Waals surface area contributed by atoms with E-state index in [-0.39, 0.29) is 5.56 Å². The average molecular weight is 311 g/mol. The summed E-state index contributed by atoms with van der Waals surface area (Å²) in [4.78, 5) is 21.2. The van der Waals surface area contributed by atoms with E-state index in [1.54, 1.807) is 16.8 Å². The lowest BCUT2D eigenvalue weighted by molar-refractivity contribution is 0.385. The Morgan fingerprint density at radius 2 is 1.90 bits per heavy atom. The molecule has 0 amide bonds. The Balaban J connectivity index is 1.89. The number of nitrogens with one attached hydrogen (secondary N) is 1. The fourth-order valence-electron chi connectivity index (χ4n) is 2.52. The lowest BCUT2D eigenvalue weighted by Gasteiger charge is -2.33. The molecule has 0 unspecified atom stereocenters. The van der Waals surface area contributed by atoms with Crippen molar-refractivity contribution in [3.05, 3.63) is 22.6 Å². The molecule has 1 fully saturated rings. The number of nitrogens with zero attached hydrogens (tertiary/aromatic N) is 4. The molecular weight excluding hydrogens is 294 g/mol. The molecule has 1 N–H and O–H groups in total. The van der Waals surface area contributed by atoms with Gasteiger partial charge in [-0.25, -0.2) is 8.42 Å². The van der Waals surface area contributed by atoms with Crippen molar-refractivity contribution in [3.63, 3.8) is 0 Å². The van der Waals surface area contributed by atoms with Gasteiger partial charge in [0.15, 0.2) is 0 Å². The molecule has 1 aliphatic heterocycles. The van der Waals surface area contributed by atoms with Crippen molar-refractivity contribution in [1.29, 1.82) is 0 Å². The van der Waals surface area contributed by atoms with Crippen molar-refractivity contribution in [2.75, 3.05) is 37.3 Å². The van der Waals surface area contributed by atoms with E-state index in [1.807, 2.05) is 11.9 Å². The Labute approximate surface area is 122 Å². The van der Waals surface area contributed by atoms with Gasteiger partial charge in [-0.05, 0) is 6.07 Å². The molecule has 3 heterocycles. The van der Waals surface area contributed by atoms with E-state index in [1.165, 1.54) is 10.6 Å². The van der Waals surface area contributed by atoms with Gasteiger partial charge in [0.1, 0.15) is 5.65 Å². The van der Waals surface area contributed by atoms with E-state index in [4.69, 9.17) is 0 Å².